The lowest BCUT2D eigenvalue weighted by atomic mass is 10.2. The van der Waals surface area contributed by atoms with Crippen LogP contribution in [-0.4, -0.2) is 20.4 Å². The van der Waals surface area contributed by atoms with Crippen LogP contribution in [-0.2, 0) is 5.75 Å². The molecular formula is C22H18N4OS. The number of aromatic nitrogens is 3. The average Bonchev–Trinajstić information content (AvgIpc) is 3.29. The van der Waals surface area contributed by atoms with Crippen LogP contribution in [0.1, 0.15) is 15.9 Å². The molecular weight excluding hydrogens is 368 g/mol. The molecule has 2 heterocycles. The summed E-state index contributed by atoms with van der Waals surface area (Å²) in [4.78, 5) is 21.8. The van der Waals surface area contributed by atoms with Gasteiger partial charge in [0.15, 0.2) is 0 Å². The van der Waals surface area contributed by atoms with Crippen LogP contribution in [0, 0.1) is 0 Å². The molecule has 0 aliphatic heterocycles. The molecule has 6 heteroatoms. The Morgan fingerprint density at radius 2 is 1.79 bits per heavy atom. The standard InChI is InChI=1S/C22H18N4OS/c27-22(18-3-7-20(8-4-18)26-13-12-24-16-26)25-19-5-9-21(10-6-19)28-15-17-2-1-11-23-14-17/h1-14,16H,15H2,(H,25,27). The summed E-state index contributed by atoms with van der Waals surface area (Å²) >= 11 is 1.74. The van der Waals surface area contributed by atoms with Gasteiger partial charge in [0.25, 0.3) is 5.91 Å². The Kier molecular flexibility index (Phi) is 5.49. The Morgan fingerprint density at radius 1 is 0.964 bits per heavy atom. The van der Waals surface area contributed by atoms with Gasteiger partial charge in [-0.15, -0.1) is 11.8 Å². The predicted molar refractivity (Wildman–Crippen MR) is 112 cm³/mol. The first-order valence-electron chi connectivity index (χ1n) is 8.79. The fraction of sp³-hybridized carbons (Fsp3) is 0.0455. The quantitative estimate of drug-likeness (QED) is 0.483. The maximum Gasteiger partial charge on any atom is 0.255 e. The molecule has 1 amide bonds. The first-order chi connectivity index (χ1) is 13.8. The Balaban J connectivity index is 1.35. The molecule has 0 radical (unpaired) electrons. The molecule has 0 atom stereocenters. The fourth-order valence-corrected chi connectivity index (χ4v) is 3.52. The molecule has 5 nitrogen and oxygen atoms in total. The fourth-order valence-electron chi connectivity index (χ4n) is 2.68. The van der Waals surface area contributed by atoms with E-state index in [0.717, 1.165) is 22.0 Å². The van der Waals surface area contributed by atoms with Gasteiger partial charge in [0, 0.05) is 52.4 Å². The van der Waals surface area contributed by atoms with Crippen molar-refractivity contribution >= 4 is 23.4 Å². The first-order valence-corrected chi connectivity index (χ1v) is 9.78. The zero-order chi connectivity index (χ0) is 19.2. The third-order valence-corrected chi connectivity index (χ3v) is 5.26. The van der Waals surface area contributed by atoms with Crippen molar-refractivity contribution in [1.29, 1.82) is 0 Å². The van der Waals surface area contributed by atoms with E-state index in [0.29, 0.717) is 5.56 Å². The average molecular weight is 386 g/mol. The predicted octanol–water partition coefficient (Wildman–Crippen LogP) is 4.81. The van der Waals surface area contributed by atoms with E-state index in [1.165, 1.54) is 5.56 Å². The number of carbonyl (C=O) groups is 1. The maximum absolute atomic E-state index is 12.5. The molecule has 1 N–H and O–H groups in total. The van der Waals surface area contributed by atoms with Crippen molar-refractivity contribution in [1.82, 2.24) is 14.5 Å². The topological polar surface area (TPSA) is 59.8 Å². The van der Waals surface area contributed by atoms with Crippen molar-refractivity contribution < 1.29 is 4.79 Å². The summed E-state index contributed by atoms with van der Waals surface area (Å²) in [5, 5.41) is 2.94. The lowest BCUT2D eigenvalue weighted by Crippen LogP contribution is -2.11. The Morgan fingerprint density at radius 3 is 2.46 bits per heavy atom. The van der Waals surface area contributed by atoms with E-state index < -0.39 is 0 Å². The summed E-state index contributed by atoms with van der Waals surface area (Å²) in [5.74, 6) is 0.732. The number of pyridine rings is 1. The third kappa shape index (κ3) is 4.47. The van der Waals surface area contributed by atoms with Gasteiger partial charge in [-0.25, -0.2) is 4.98 Å². The van der Waals surface area contributed by atoms with Crippen LogP contribution in [0.5, 0.6) is 0 Å². The minimum Gasteiger partial charge on any atom is -0.322 e. The number of rotatable bonds is 6. The van der Waals surface area contributed by atoms with Crippen molar-refractivity contribution in [3.05, 3.63) is 103 Å². The zero-order valence-corrected chi connectivity index (χ0v) is 15.8. The number of imidazole rings is 1. The number of benzene rings is 2. The highest BCUT2D eigenvalue weighted by Gasteiger charge is 2.07. The number of hydrogen-bond donors (Lipinski definition) is 1. The number of hydrogen-bond acceptors (Lipinski definition) is 4. The zero-order valence-electron chi connectivity index (χ0n) is 15.0. The van der Waals surface area contributed by atoms with Crippen molar-refractivity contribution in [2.75, 3.05) is 5.32 Å². The highest BCUT2D eigenvalue weighted by Crippen LogP contribution is 2.24. The molecule has 2 aromatic heterocycles. The summed E-state index contributed by atoms with van der Waals surface area (Å²) < 4.78 is 1.89. The number of amides is 1. The van der Waals surface area contributed by atoms with E-state index in [4.69, 9.17) is 0 Å². The van der Waals surface area contributed by atoms with Crippen LogP contribution >= 0.6 is 11.8 Å². The highest BCUT2D eigenvalue weighted by molar-refractivity contribution is 7.98. The van der Waals surface area contributed by atoms with Crippen LogP contribution in [0.15, 0.2) is 96.7 Å². The molecule has 4 aromatic rings. The Labute approximate surface area is 167 Å². The summed E-state index contributed by atoms with van der Waals surface area (Å²) in [7, 11) is 0. The van der Waals surface area contributed by atoms with Crippen molar-refractivity contribution in [3.63, 3.8) is 0 Å². The van der Waals surface area contributed by atoms with Gasteiger partial charge in [0.1, 0.15) is 0 Å². The monoisotopic (exact) mass is 386 g/mol. The molecule has 138 valence electrons. The second-order valence-corrected chi connectivity index (χ2v) is 7.19. The number of anilines is 1. The maximum atomic E-state index is 12.5. The van der Waals surface area contributed by atoms with E-state index >= 15 is 0 Å². The summed E-state index contributed by atoms with van der Waals surface area (Å²) in [5.41, 5.74) is 3.53. The van der Waals surface area contributed by atoms with Crippen LogP contribution in [0.4, 0.5) is 5.69 Å². The van der Waals surface area contributed by atoms with Crippen LogP contribution < -0.4 is 5.32 Å². The molecule has 2 aromatic carbocycles. The van der Waals surface area contributed by atoms with E-state index in [1.807, 2.05) is 71.6 Å². The van der Waals surface area contributed by atoms with E-state index in [1.54, 1.807) is 30.5 Å². The lowest BCUT2D eigenvalue weighted by molar-refractivity contribution is 0.102. The van der Waals surface area contributed by atoms with Gasteiger partial charge >= 0.3 is 0 Å². The minimum absolute atomic E-state index is 0.132. The van der Waals surface area contributed by atoms with Crippen LogP contribution in [0.25, 0.3) is 5.69 Å². The van der Waals surface area contributed by atoms with Gasteiger partial charge in [-0.05, 0) is 60.2 Å². The number of nitrogens with zero attached hydrogens (tertiary/aromatic N) is 3. The van der Waals surface area contributed by atoms with Crippen LogP contribution in [0.3, 0.4) is 0 Å². The molecule has 4 rings (SSSR count). The molecule has 0 spiro atoms. The lowest BCUT2D eigenvalue weighted by Gasteiger charge is -2.08. The summed E-state index contributed by atoms with van der Waals surface area (Å²) in [6.07, 6.45) is 8.96. The third-order valence-electron chi connectivity index (χ3n) is 4.17. The molecule has 28 heavy (non-hydrogen) atoms. The van der Waals surface area contributed by atoms with Gasteiger partial charge in [-0.3, -0.25) is 9.78 Å². The molecule has 0 unspecified atom stereocenters. The van der Waals surface area contributed by atoms with Gasteiger partial charge < -0.3 is 9.88 Å². The smallest absolute Gasteiger partial charge is 0.255 e. The molecule has 0 aliphatic rings. The van der Waals surface area contributed by atoms with Crippen molar-refractivity contribution in [2.24, 2.45) is 0 Å². The van der Waals surface area contributed by atoms with Crippen LogP contribution in [0.2, 0.25) is 0 Å². The second kappa shape index (κ2) is 8.54. The van der Waals surface area contributed by atoms with Gasteiger partial charge in [0.2, 0.25) is 0 Å². The van der Waals surface area contributed by atoms with Gasteiger partial charge in [0.05, 0.1) is 6.33 Å². The Bertz CT molecular complexity index is 1030. The summed E-state index contributed by atoms with van der Waals surface area (Å²) in [6, 6.07) is 19.3. The second-order valence-electron chi connectivity index (χ2n) is 6.15. The number of nitrogens with one attached hydrogen (secondary N) is 1. The SMILES string of the molecule is O=C(Nc1ccc(SCc2cccnc2)cc1)c1ccc(-n2ccnc2)cc1. The van der Waals surface area contributed by atoms with Crippen molar-refractivity contribution in [3.8, 4) is 5.69 Å². The number of thioether (sulfide) groups is 1. The Hall–Kier alpha value is -3.38. The van der Waals surface area contributed by atoms with Gasteiger partial charge in [-0.2, -0.15) is 0 Å². The van der Waals surface area contributed by atoms with Crippen molar-refractivity contribution in [2.45, 2.75) is 10.6 Å². The largest absolute Gasteiger partial charge is 0.322 e. The minimum atomic E-state index is -0.132. The first kappa shape index (κ1) is 18.0. The molecule has 0 aliphatic carbocycles. The molecule has 0 saturated heterocycles. The van der Waals surface area contributed by atoms with E-state index in [-0.39, 0.29) is 5.91 Å². The molecule has 0 fully saturated rings. The number of carbonyl (C=O) groups excluding carboxylic acids is 1. The highest BCUT2D eigenvalue weighted by atomic mass is 32.2. The van der Waals surface area contributed by atoms with E-state index in [9.17, 15) is 4.79 Å². The molecule has 0 bridgehead atoms. The normalized spacial score (nSPS) is 10.6. The van der Waals surface area contributed by atoms with E-state index in [2.05, 4.69) is 21.4 Å². The molecule has 0 saturated carbocycles. The van der Waals surface area contributed by atoms with Gasteiger partial charge in [-0.1, -0.05) is 6.07 Å². The summed E-state index contributed by atoms with van der Waals surface area (Å²) in [6.45, 7) is 0.